The normalized spacial score (nSPS) is 21.4. The number of benzene rings is 1. The molecule has 2 fully saturated rings. The van der Waals surface area contributed by atoms with Gasteiger partial charge in [-0.05, 0) is 43.4 Å². The number of Topliss-reactive ketones (excluding diaryl/α,β-unsaturated/α-hetero) is 1. The first-order valence-electron chi connectivity index (χ1n) is 8.37. The molecule has 1 aliphatic heterocycles. The zero-order valence-electron chi connectivity index (χ0n) is 13.8. The number of nitrogens with one attached hydrogen (secondary N) is 1. The number of likely N-dealkylation sites (tertiary alicyclic amines) is 1. The van der Waals surface area contributed by atoms with Crippen molar-refractivity contribution in [1.29, 1.82) is 0 Å². The molecule has 0 aromatic heterocycles. The largest absolute Gasteiger partial charge is 0.490 e. The Morgan fingerprint density at radius 3 is 2.46 bits per heavy atom. The zero-order valence-corrected chi connectivity index (χ0v) is 13.8. The molecule has 6 heteroatoms. The molecule has 2 aliphatic rings. The summed E-state index contributed by atoms with van der Waals surface area (Å²) >= 11 is 0. The van der Waals surface area contributed by atoms with Crippen LogP contribution in [0, 0.1) is 5.92 Å². The summed E-state index contributed by atoms with van der Waals surface area (Å²) in [5.41, 5.74) is 0.923. The van der Waals surface area contributed by atoms with E-state index in [9.17, 15) is 14.4 Å². The van der Waals surface area contributed by atoms with Crippen molar-refractivity contribution in [2.75, 3.05) is 13.6 Å². The van der Waals surface area contributed by atoms with E-state index in [0.717, 1.165) is 24.2 Å². The molecular formula is C18H22N2O4. The van der Waals surface area contributed by atoms with Gasteiger partial charge < -0.3 is 15.0 Å². The average Bonchev–Trinajstić information content (AvgIpc) is 3.18. The average molecular weight is 330 g/mol. The van der Waals surface area contributed by atoms with Crippen LogP contribution in [0.5, 0.6) is 5.75 Å². The lowest BCUT2D eigenvalue weighted by molar-refractivity contribution is -0.142. The number of hydrogen-bond donors (Lipinski definition) is 1. The van der Waals surface area contributed by atoms with Gasteiger partial charge >= 0.3 is 0 Å². The maximum absolute atomic E-state index is 12.1. The van der Waals surface area contributed by atoms with Crippen LogP contribution in [-0.4, -0.2) is 42.2 Å². The van der Waals surface area contributed by atoms with E-state index < -0.39 is 23.5 Å². The van der Waals surface area contributed by atoms with Crippen molar-refractivity contribution in [3.05, 3.63) is 29.8 Å². The Morgan fingerprint density at radius 2 is 1.88 bits per heavy atom. The fraction of sp³-hybridized carbons (Fsp3) is 0.500. The van der Waals surface area contributed by atoms with Crippen LogP contribution in [0.3, 0.4) is 0 Å². The quantitative estimate of drug-likeness (QED) is 0.652. The van der Waals surface area contributed by atoms with E-state index in [-0.39, 0.29) is 6.54 Å². The monoisotopic (exact) mass is 330 g/mol. The third-order valence-corrected chi connectivity index (χ3v) is 4.64. The van der Waals surface area contributed by atoms with Crippen molar-refractivity contribution in [1.82, 2.24) is 10.2 Å². The molecule has 1 aromatic carbocycles. The van der Waals surface area contributed by atoms with Crippen molar-refractivity contribution >= 4 is 17.6 Å². The van der Waals surface area contributed by atoms with Gasteiger partial charge in [0.25, 0.3) is 5.91 Å². The third kappa shape index (κ3) is 3.58. The van der Waals surface area contributed by atoms with Crippen molar-refractivity contribution < 1.29 is 19.1 Å². The van der Waals surface area contributed by atoms with E-state index in [1.165, 1.54) is 24.8 Å². The fourth-order valence-corrected chi connectivity index (χ4v) is 3.18. The van der Waals surface area contributed by atoms with E-state index in [4.69, 9.17) is 4.74 Å². The molecule has 2 amide bonds. The van der Waals surface area contributed by atoms with Crippen LogP contribution < -0.4 is 10.1 Å². The number of carbonyl (C=O) groups is 3. The van der Waals surface area contributed by atoms with Crippen molar-refractivity contribution in [2.45, 2.75) is 38.3 Å². The number of amides is 2. The molecule has 1 unspecified atom stereocenters. The molecule has 1 aromatic rings. The molecule has 6 nitrogen and oxygen atoms in total. The first-order chi connectivity index (χ1) is 11.5. The highest BCUT2D eigenvalue weighted by Crippen LogP contribution is 2.24. The lowest BCUT2D eigenvalue weighted by Gasteiger charge is -2.14. The molecule has 1 saturated carbocycles. The summed E-state index contributed by atoms with van der Waals surface area (Å²) in [6.07, 6.45) is 5.00. The SMILES string of the molecule is CN1CC(C(=O)NCc2ccc(OC3CCCC3)cc2)C(=O)C1=O. The van der Waals surface area contributed by atoms with Gasteiger partial charge in [-0.1, -0.05) is 12.1 Å². The zero-order chi connectivity index (χ0) is 17.1. The highest BCUT2D eigenvalue weighted by atomic mass is 16.5. The Labute approximate surface area is 141 Å². The molecule has 0 bridgehead atoms. The predicted octanol–water partition coefficient (Wildman–Crippen LogP) is 1.28. The first-order valence-corrected chi connectivity index (χ1v) is 8.37. The van der Waals surface area contributed by atoms with Gasteiger partial charge in [0.1, 0.15) is 11.7 Å². The van der Waals surface area contributed by atoms with E-state index in [1.807, 2.05) is 24.3 Å². The maximum Gasteiger partial charge on any atom is 0.290 e. The Balaban J connectivity index is 1.50. The lowest BCUT2D eigenvalue weighted by Crippen LogP contribution is -2.35. The van der Waals surface area contributed by atoms with Crippen LogP contribution in [0.2, 0.25) is 0 Å². The number of ether oxygens (including phenoxy) is 1. The number of rotatable bonds is 5. The van der Waals surface area contributed by atoms with Crippen molar-refractivity contribution in [3.63, 3.8) is 0 Å². The number of ketones is 1. The standard InChI is InChI=1S/C18H22N2O4/c1-20-11-15(16(21)18(20)23)17(22)19-10-12-6-8-14(9-7-12)24-13-4-2-3-5-13/h6-9,13,15H,2-5,10-11H2,1H3,(H,19,22). The molecule has 1 heterocycles. The maximum atomic E-state index is 12.1. The molecule has 128 valence electrons. The summed E-state index contributed by atoms with van der Waals surface area (Å²) in [6.45, 7) is 0.474. The number of carbonyl (C=O) groups excluding carboxylic acids is 3. The minimum atomic E-state index is -0.896. The Hall–Kier alpha value is -2.37. The molecule has 1 aliphatic carbocycles. The Morgan fingerprint density at radius 1 is 1.21 bits per heavy atom. The summed E-state index contributed by atoms with van der Waals surface area (Å²) in [4.78, 5) is 36.5. The second-order valence-corrected chi connectivity index (χ2v) is 6.49. The summed E-state index contributed by atoms with van der Waals surface area (Å²) < 4.78 is 5.90. The molecule has 0 radical (unpaired) electrons. The van der Waals surface area contributed by atoms with E-state index >= 15 is 0 Å². The molecule has 3 rings (SSSR count). The fourth-order valence-electron chi connectivity index (χ4n) is 3.18. The van der Waals surface area contributed by atoms with Gasteiger partial charge in [0.05, 0.1) is 6.10 Å². The molecular weight excluding hydrogens is 308 g/mol. The van der Waals surface area contributed by atoms with Crippen LogP contribution >= 0.6 is 0 Å². The van der Waals surface area contributed by atoms with Crippen molar-refractivity contribution in [3.8, 4) is 5.75 Å². The predicted molar refractivity (Wildman–Crippen MR) is 87.3 cm³/mol. The first kappa shape index (κ1) is 16.5. The highest BCUT2D eigenvalue weighted by molar-refractivity contribution is 6.42. The number of nitrogens with zero attached hydrogens (tertiary/aromatic N) is 1. The van der Waals surface area contributed by atoms with Crippen molar-refractivity contribution in [2.24, 2.45) is 5.92 Å². The smallest absolute Gasteiger partial charge is 0.290 e. The van der Waals surface area contributed by atoms with Gasteiger partial charge in [0.15, 0.2) is 0 Å². The minimum Gasteiger partial charge on any atom is -0.490 e. The van der Waals surface area contributed by atoms with Crippen LogP contribution in [-0.2, 0) is 20.9 Å². The second-order valence-electron chi connectivity index (χ2n) is 6.49. The summed E-state index contributed by atoms with van der Waals surface area (Å²) in [7, 11) is 1.52. The molecule has 1 saturated heterocycles. The van der Waals surface area contributed by atoms with Gasteiger partial charge in [-0.2, -0.15) is 0 Å². The van der Waals surface area contributed by atoms with E-state index in [2.05, 4.69) is 5.32 Å². The van der Waals surface area contributed by atoms with Crippen LogP contribution in [0.4, 0.5) is 0 Å². The Kier molecular flexibility index (Phi) is 4.83. The Bertz CT molecular complexity index is 635. The molecule has 0 spiro atoms. The second kappa shape index (κ2) is 7.03. The summed E-state index contributed by atoms with van der Waals surface area (Å²) in [6, 6.07) is 7.60. The lowest BCUT2D eigenvalue weighted by atomic mass is 10.1. The van der Waals surface area contributed by atoms with Gasteiger partial charge in [0.2, 0.25) is 11.7 Å². The number of hydrogen-bond acceptors (Lipinski definition) is 4. The van der Waals surface area contributed by atoms with Gasteiger partial charge in [-0.15, -0.1) is 0 Å². The molecule has 24 heavy (non-hydrogen) atoms. The molecule has 1 N–H and O–H groups in total. The van der Waals surface area contributed by atoms with E-state index in [1.54, 1.807) is 0 Å². The summed E-state index contributed by atoms with van der Waals surface area (Å²) in [5.74, 6) is -1.68. The highest BCUT2D eigenvalue weighted by Gasteiger charge is 2.41. The van der Waals surface area contributed by atoms with Crippen LogP contribution in [0.25, 0.3) is 0 Å². The number of likely N-dealkylation sites (N-methyl/N-ethyl adjacent to an activating group) is 1. The molecule has 1 atom stereocenters. The third-order valence-electron chi connectivity index (χ3n) is 4.64. The van der Waals surface area contributed by atoms with E-state index in [0.29, 0.717) is 12.6 Å². The van der Waals surface area contributed by atoms with Crippen LogP contribution in [0.15, 0.2) is 24.3 Å². The summed E-state index contributed by atoms with van der Waals surface area (Å²) in [5, 5.41) is 2.73. The minimum absolute atomic E-state index is 0.150. The topological polar surface area (TPSA) is 75.7 Å². The van der Waals surface area contributed by atoms with Gasteiger partial charge in [0, 0.05) is 20.1 Å². The van der Waals surface area contributed by atoms with Gasteiger partial charge in [-0.3, -0.25) is 14.4 Å². The van der Waals surface area contributed by atoms with Gasteiger partial charge in [-0.25, -0.2) is 0 Å². The van der Waals surface area contributed by atoms with Crippen LogP contribution in [0.1, 0.15) is 31.2 Å².